The SMILES string of the molecule is CC[C@]1(OC(=O)N(C)CCN(C)C(=O)CNC(=O)CNC(=O)CNC(=O)CNC(=O)CNC(=O)CCOCCOCCOCCOCCNC(=O)c2ccc3c(c2)/N=C(CBr)\C(CBr)=C(/C)CC3)C(=O)OCc2c1cc1n(c2=O)Cc2c-1nc1cc(F)c(C)c3c1c2[C@H](NC(=O)c1cccc(N)n1)CC3. The number of carbonyl (C=O) groups is 10. The fourth-order valence-corrected chi connectivity index (χ4v) is 13.6. The van der Waals surface area contributed by atoms with E-state index in [1.54, 1.807) is 32.0 Å². The lowest BCUT2D eigenvalue weighted by Crippen LogP contribution is -2.50. The standard InChI is InChI=1S/C71H85Br2FN14O17/c1-6-71(48-29-55-65-46(38-88(55)68(97)47(48)39-104-69(71)98)64-50(85-67(96)51-8-7-9-56(75)83-51)15-14-44-41(3)49(74)30-53(84-65)63(44)64)105-70(99)87(5)19-18-86(4)62(94)37-81-61(93)36-80-60(92)35-79-59(91)34-78-58(90)33-77-57(89)16-20-100-22-24-102-26-27-103-25-23-101-21-17-76-66(95)43-13-12-42-11-10-40(2)45(31-72)54(32-73)82-52(42)28-43/h7-9,12-13,28-30,50H,6,10-11,14-27,31-39H2,1-5H3,(H2,75,83)(H,76,95)(H,77,89)(H,78,90)(H,79,91)(H,80,92)(H,81,93)(H,85,96)/b45-40+,82-54-/t50-,71-/m1/s1. The van der Waals surface area contributed by atoms with Crippen molar-refractivity contribution in [3.8, 4) is 11.4 Å². The van der Waals surface area contributed by atoms with E-state index in [1.807, 2.05) is 18.2 Å². The second-order valence-electron chi connectivity index (χ2n) is 25.2. The van der Waals surface area contributed by atoms with E-state index in [4.69, 9.17) is 44.1 Å². The fraction of sp³-hybridized carbons (Fsp3) is 0.465. The van der Waals surface area contributed by atoms with Crippen LogP contribution >= 0.6 is 31.9 Å². The van der Waals surface area contributed by atoms with Crippen molar-refractivity contribution in [2.24, 2.45) is 4.99 Å². The van der Waals surface area contributed by atoms with Gasteiger partial charge in [0, 0.05) is 79.0 Å². The molecule has 9 N–H and O–H groups in total. The number of rotatable bonds is 35. The number of halogens is 3. The minimum absolute atomic E-state index is 0.00744. The molecule has 1 aliphatic carbocycles. The van der Waals surface area contributed by atoms with Crippen LogP contribution in [0.15, 0.2) is 69.5 Å². The summed E-state index contributed by atoms with van der Waals surface area (Å²) in [5, 5.41) is 19.6. The first-order valence-electron chi connectivity index (χ1n) is 34.2. The lowest BCUT2D eigenvalue weighted by atomic mass is 9.81. The minimum Gasteiger partial charge on any atom is -0.457 e. The quantitative estimate of drug-likeness (QED) is 0.0161. The average molecular weight is 1590 g/mol. The number of nitrogens with one attached hydrogen (secondary N) is 7. The minimum atomic E-state index is -2.12. The van der Waals surface area contributed by atoms with Crippen molar-refractivity contribution in [3.05, 3.63) is 126 Å². The lowest BCUT2D eigenvalue weighted by molar-refractivity contribution is -0.173. The second-order valence-corrected chi connectivity index (χ2v) is 26.3. The third-order valence-corrected chi connectivity index (χ3v) is 19.4. The summed E-state index contributed by atoms with van der Waals surface area (Å²) < 4.78 is 50.7. The van der Waals surface area contributed by atoms with Gasteiger partial charge in [-0.3, -0.25) is 48.1 Å². The predicted molar refractivity (Wildman–Crippen MR) is 388 cm³/mol. The second kappa shape index (κ2) is 37.4. The number of anilines is 1. The van der Waals surface area contributed by atoms with Gasteiger partial charge in [0.1, 0.15) is 23.9 Å². The van der Waals surface area contributed by atoms with Gasteiger partial charge < -0.3 is 85.7 Å². The largest absolute Gasteiger partial charge is 0.457 e. The Bertz CT molecular complexity index is 4310. The van der Waals surface area contributed by atoms with Crippen LogP contribution in [0.2, 0.25) is 0 Å². The Morgan fingerprint density at radius 3 is 1.97 bits per heavy atom. The van der Waals surface area contributed by atoms with Crippen LogP contribution in [0.25, 0.3) is 22.3 Å². The number of aromatic nitrogens is 3. The van der Waals surface area contributed by atoms with Crippen LogP contribution in [0, 0.1) is 12.7 Å². The van der Waals surface area contributed by atoms with Crippen LogP contribution in [0.5, 0.6) is 0 Å². The van der Waals surface area contributed by atoms with Gasteiger partial charge in [0.2, 0.25) is 41.0 Å². The number of aryl methyl sites for hydroxylation is 2. The molecule has 0 bridgehead atoms. The van der Waals surface area contributed by atoms with Gasteiger partial charge in [0.05, 0.1) is 132 Å². The highest BCUT2D eigenvalue weighted by Crippen LogP contribution is 2.47. The molecule has 2 atom stereocenters. The van der Waals surface area contributed by atoms with E-state index < -0.39 is 116 Å². The number of nitrogens with two attached hydrogens (primary N) is 1. The normalized spacial score (nSPS) is 16.6. The summed E-state index contributed by atoms with van der Waals surface area (Å²) in [7, 11) is 2.78. The maximum atomic E-state index is 15.6. The maximum absolute atomic E-state index is 15.6. The van der Waals surface area contributed by atoms with E-state index in [-0.39, 0.29) is 86.5 Å². The van der Waals surface area contributed by atoms with Crippen LogP contribution in [0.3, 0.4) is 0 Å². The number of aliphatic imine (C=N–C) groups is 1. The van der Waals surface area contributed by atoms with Crippen molar-refractivity contribution in [1.82, 2.24) is 61.6 Å². The molecular weight excluding hydrogens is 1500 g/mol. The Kier molecular flexibility index (Phi) is 28.3. The Morgan fingerprint density at radius 2 is 1.33 bits per heavy atom. The van der Waals surface area contributed by atoms with Crippen molar-refractivity contribution in [2.75, 3.05) is 136 Å². The molecule has 31 nitrogen and oxygen atoms in total. The molecule has 0 fully saturated rings. The van der Waals surface area contributed by atoms with Crippen LogP contribution < -0.4 is 48.5 Å². The van der Waals surface area contributed by atoms with Crippen molar-refractivity contribution in [1.29, 1.82) is 0 Å². The molecule has 34 heteroatoms. The molecule has 0 saturated heterocycles. The first-order chi connectivity index (χ1) is 50.4. The Balaban J connectivity index is 0.603. The van der Waals surface area contributed by atoms with Crippen molar-refractivity contribution in [2.45, 2.75) is 84.1 Å². The first-order valence-corrected chi connectivity index (χ1v) is 36.4. The monoisotopic (exact) mass is 1580 g/mol. The third kappa shape index (κ3) is 20.1. The van der Waals surface area contributed by atoms with Crippen molar-refractivity contribution < 1.29 is 80.8 Å². The molecule has 3 aromatic heterocycles. The molecule has 9 amide bonds. The topological polar surface area (TPSA) is 403 Å². The maximum Gasteiger partial charge on any atom is 0.411 e. The lowest BCUT2D eigenvalue weighted by Gasteiger charge is -2.36. The number of carbonyl (C=O) groups excluding carboxylic acids is 10. The Hall–Kier alpha value is -9.61. The molecule has 5 aromatic rings. The number of amides is 9. The van der Waals surface area contributed by atoms with E-state index in [9.17, 15) is 52.7 Å². The number of alkyl halides is 2. The van der Waals surface area contributed by atoms with Crippen LogP contribution in [0.4, 0.5) is 20.7 Å². The van der Waals surface area contributed by atoms with E-state index in [1.165, 1.54) is 46.8 Å². The number of fused-ring (bicyclic) bond motifs is 6. The number of ether oxygens (including phenoxy) is 6. The molecule has 0 radical (unpaired) electrons. The van der Waals surface area contributed by atoms with E-state index in [0.29, 0.717) is 102 Å². The molecule has 562 valence electrons. The molecule has 3 aliphatic heterocycles. The average Bonchev–Trinajstić information content (AvgIpc) is 1.63. The molecule has 9 rings (SSSR count). The highest BCUT2D eigenvalue weighted by atomic mass is 79.9. The number of likely N-dealkylation sites (N-methyl/N-ethyl adjacent to an activating group) is 2. The fourth-order valence-electron chi connectivity index (χ4n) is 12.3. The number of esters is 1. The number of nitrogen functional groups attached to an aromatic ring is 1. The van der Waals surface area contributed by atoms with E-state index in [0.717, 1.165) is 40.3 Å². The van der Waals surface area contributed by atoms with Crippen LogP contribution in [-0.2, 0) is 93.6 Å². The number of hydrogen-bond donors (Lipinski definition) is 8. The highest BCUT2D eigenvalue weighted by Gasteiger charge is 2.51. The number of cyclic esters (lactones) is 1. The molecule has 0 unspecified atom stereocenters. The molecule has 4 aliphatic rings. The summed E-state index contributed by atoms with van der Waals surface area (Å²) in [6, 6.07) is 12.6. The zero-order chi connectivity index (χ0) is 75.5. The van der Waals surface area contributed by atoms with Gasteiger partial charge in [-0.2, -0.15) is 0 Å². The summed E-state index contributed by atoms with van der Waals surface area (Å²) in [5.41, 5.74) is 12.6. The van der Waals surface area contributed by atoms with Gasteiger partial charge >= 0.3 is 12.1 Å². The molecule has 0 saturated carbocycles. The summed E-state index contributed by atoms with van der Waals surface area (Å²) in [4.78, 5) is 160. The van der Waals surface area contributed by atoms with Gasteiger partial charge in [-0.15, -0.1) is 0 Å². The molecular formula is C71H85Br2FN14O17. The summed E-state index contributed by atoms with van der Waals surface area (Å²) in [5.74, 6) is -5.94. The number of nitrogens with zero attached hydrogens (tertiary/aromatic N) is 6. The predicted octanol–water partition coefficient (Wildman–Crippen LogP) is 3.05. The Labute approximate surface area is 620 Å². The number of pyridine rings is 3. The third-order valence-electron chi connectivity index (χ3n) is 18.3. The van der Waals surface area contributed by atoms with Crippen LogP contribution in [0.1, 0.15) is 105 Å². The summed E-state index contributed by atoms with van der Waals surface area (Å²) in [6.07, 6.45) is 1.35. The summed E-state index contributed by atoms with van der Waals surface area (Å²) >= 11 is 7.15. The van der Waals surface area contributed by atoms with Gasteiger partial charge in [0.25, 0.3) is 17.4 Å². The zero-order valence-electron chi connectivity index (χ0n) is 58.9. The van der Waals surface area contributed by atoms with Gasteiger partial charge in [-0.1, -0.05) is 56.5 Å². The molecule has 105 heavy (non-hydrogen) atoms. The van der Waals surface area contributed by atoms with Crippen LogP contribution in [-0.4, -0.2) is 219 Å². The zero-order valence-corrected chi connectivity index (χ0v) is 62.1. The van der Waals surface area contributed by atoms with Gasteiger partial charge in [-0.25, -0.2) is 23.9 Å². The van der Waals surface area contributed by atoms with Crippen molar-refractivity contribution >= 4 is 119 Å². The van der Waals surface area contributed by atoms with E-state index >= 15 is 4.39 Å². The summed E-state index contributed by atoms with van der Waals surface area (Å²) in [6.45, 7) is 4.62. The molecule has 6 heterocycles. The number of benzene rings is 2. The van der Waals surface area contributed by atoms with E-state index in [2.05, 4.69) is 81.0 Å². The number of allylic oxidation sites excluding steroid dienone is 2. The van der Waals surface area contributed by atoms with Crippen molar-refractivity contribution in [3.63, 3.8) is 0 Å². The molecule has 0 spiro atoms. The Morgan fingerprint density at radius 1 is 0.705 bits per heavy atom. The number of hydrogen-bond acceptors (Lipinski definition) is 21. The van der Waals surface area contributed by atoms with Gasteiger partial charge in [-0.05, 0) is 104 Å². The highest BCUT2D eigenvalue weighted by molar-refractivity contribution is 9.09. The smallest absolute Gasteiger partial charge is 0.411 e. The van der Waals surface area contributed by atoms with Gasteiger partial charge in [0.15, 0.2) is 0 Å². The molecule has 2 aromatic carbocycles. The first kappa shape index (κ1) is 79.5.